The van der Waals surface area contributed by atoms with Gasteiger partial charge in [-0.1, -0.05) is 18.5 Å². The fourth-order valence-corrected chi connectivity index (χ4v) is 4.08. The van der Waals surface area contributed by atoms with E-state index in [2.05, 4.69) is 18.3 Å². The number of halogens is 1. The number of fused-ring (bicyclic) bond motifs is 3. The molecule has 2 aliphatic heterocycles. The second-order valence-corrected chi connectivity index (χ2v) is 6.58. The van der Waals surface area contributed by atoms with Crippen molar-refractivity contribution in [3.05, 3.63) is 35.0 Å². The Bertz CT molecular complexity index is 653. The van der Waals surface area contributed by atoms with E-state index in [0.717, 1.165) is 34.7 Å². The van der Waals surface area contributed by atoms with E-state index in [1.807, 2.05) is 18.2 Å². The van der Waals surface area contributed by atoms with E-state index >= 15 is 0 Å². The normalized spacial score (nSPS) is 29.3. The van der Waals surface area contributed by atoms with E-state index in [1.54, 1.807) is 0 Å². The maximum absolute atomic E-state index is 6.08. The highest BCUT2D eigenvalue weighted by Crippen LogP contribution is 2.45. The molecule has 0 radical (unpaired) electrons. The van der Waals surface area contributed by atoms with Crippen molar-refractivity contribution in [2.24, 2.45) is 5.92 Å². The summed E-state index contributed by atoms with van der Waals surface area (Å²) in [6.45, 7) is 3.07. The predicted octanol–water partition coefficient (Wildman–Crippen LogP) is 4.30. The molecule has 0 spiro atoms. The van der Waals surface area contributed by atoms with E-state index in [4.69, 9.17) is 20.8 Å². The molecule has 3 nitrogen and oxygen atoms in total. The van der Waals surface area contributed by atoms with Crippen LogP contribution in [0.2, 0.25) is 5.02 Å². The van der Waals surface area contributed by atoms with Crippen LogP contribution in [0.5, 0.6) is 0 Å². The van der Waals surface area contributed by atoms with Crippen molar-refractivity contribution in [1.29, 1.82) is 0 Å². The third kappa shape index (κ3) is 2.37. The molecule has 21 heavy (non-hydrogen) atoms. The molecule has 1 aromatic carbocycles. The summed E-state index contributed by atoms with van der Waals surface area (Å²) in [6.07, 6.45) is 4.38. The Labute approximate surface area is 129 Å². The van der Waals surface area contributed by atoms with Gasteiger partial charge in [0.05, 0.1) is 18.2 Å². The molecule has 0 aliphatic carbocycles. The first-order valence-electron chi connectivity index (χ1n) is 7.82. The molecule has 4 unspecified atom stereocenters. The van der Waals surface area contributed by atoms with Crippen molar-refractivity contribution in [3.63, 3.8) is 0 Å². The van der Waals surface area contributed by atoms with Gasteiger partial charge in [0.25, 0.3) is 0 Å². The van der Waals surface area contributed by atoms with Gasteiger partial charge < -0.3 is 14.5 Å². The summed E-state index contributed by atoms with van der Waals surface area (Å²) in [5.41, 5.74) is 0.904. The van der Waals surface area contributed by atoms with Gasteiger partial charge in [0.1, 0.15) is 11.3 Å². The van der Waals surface area contributed by atoms with Crippen molar-refractivity contribution in [2.45, 2.75) is 44.4 Å². The monoisotopic (exact) mass is 305 g/mol. The van der Waals surface area contributed by atoms with Gasteiger partial charge in [-0.3, -0.25) is 0 Å². The Morgan fingerprint density at radius 1 is 1.33 bits per heavy atom. The summed E-state index contributed by atoms with van der Waals surface area (Å²) < 4.78 is 12.1. The lowest BCUT2D eigenvalue weighted by atomic mass is 9.83. The van der Waals surface area contributed by atoms with Gasteiger partial charge in [0.2, 0.25) is 0 Å². The zero-order valence-electron chi connectivity index (χ0n) is 12.1. The van der Waals surface area contributed by atoms with E-state index in [-0.39, 0.29) is 6.04 Å². The first-order chi connectivity index (χ1) is 10.2. The summed E-state index contributed by atoms with van der Waals surface area (Å²) >= 11 is 6.07. The maximum Gasteiger partial charge on any atom is 0.134 e. The molecule has 4 heteroatoms. The van der Waals surface area contributed by atoms with Gasteiger partial charge in [0.15, 0.2) is 0 Å². The Balaban J connectivity index is 1.68. The SMILES string of the molecule is CCNC(c1cc2cc(Cl)ccc2o1)C1CC2CCC1O2. The molecule has 112 valence electrons. The highest BCUT2D eigenvalue weighted by atomic mass is 35.5. The summed E-state index contributed by atoms with van der Waals surface area (Å²) in [7, 11) is 0. The van der Waals surface area contributed by atoms with Crippen LogP contribution in [0.1, 0.15) is 38.0 Å². The molecular weight excluding hydrogens is 286 g/mol. The van der Waals surface area contributed by atoms with Crippen LogP contribution < -0.4 is 5.32 Å². The summed E-state index contributed by atoms with van der Waals surface area (Å²) in [5, 5.41) is 5.42. The molecule has 2 aliphatic rings. The number of hydrogen-bond donors (Lipinski definition) is 1. The van der Waals surface area contributed by atoms with Gasteiger partial charge in [-0.2, -0.15) is 0 Å². The maximum atomic E-state index is 6.08. The highest BCUT2D eigenvalue weighted by molar-refractivity contribution is 6.31. The van der Waals surface area contributed by atoms with Gasteiger partial charge in [-0.15, -0.1) is 0 Å². The van der Waals surface area contributed by atoms with Gasteiger partial charge >= 0.3 is 0 Å². The van der Waals surface area contributed by atoms with Gasteiger partial charge in [-0.05, 0) is 50.1 Å². The van der Waals surface area contributed by atoms with E-state index in [9.17, 15) is 0 Å². The Morgan fingerprint density at radius 2 is 2.24 bits per heavy atom. The lowest BCUT2D eigenvalue weighted by Gasteiger charge is -2.27. The Kier molecular flexibility index (Phi) is 3.44. The lowest BCUT2D eigenvalue weighted by Crippen LogP contribution is -2.33. The number of benzene rings is 1. The standard InChI is InChI=1S/C17H20ClNO2/c1-2-19-17(13-9-12-4-6-15(13)20-12)16-8-10-7-11(18)3-5-14(10)21-16/h3,5,7-8,12-13,15,17,19H,2,4,6,9H2,1H3. The lowest BCUT2D eigenvalue weighted by molar-refractivity contribution is 0.0840. The number of ether oxygens (including phenoxy) is 1. The minimum atomic E-state index is 0.233. The second-order valence-electron chi connectivity index (χ2n) is 6.14. The molecule has 2 aromatic rings. The third-order valence-electron chi connectivity index (χ3n) is 4.81. The first-order valence-corrected chi connectivity index (χ1v) is 8.20. The molecule has 2 bridgehead atoms. The van der Waals surface area contributed by atoms with Crippen LogP contribution in [0.4, 0.5) is 0 Å². The summed E-state index contributed by atoms with van der Waals surface area (Å²) in [5.74, 6) is 1.52. The molecule has 4 atom stereocenters. The summed E-state index contributed by atoms with van der Waals surface area (Å²) in [6, 6.07) is 8.14. The second kappa shape index (κ2) is 5.31. The van der Waals surface area contributed by atoms with Crippen molar-refractivity contribution in [3.8, 4) is 0 Å². The largest absolute Gasteiger partial charge is 0.459 e. The predicted molar refractivity (Wildman–Crippen MR) is 83.6 cm³/mol. The third-order valence-corrected chi connectivity index (χ3v) is 5.04. The number of rotatable bonds is 4. The molecule has 0 amide bonds. The van der Waals surface area contributed by atoms with Crippen LogP contribution in [0.15, 0.2) is 28.7 Å². The van der Waals surface area contributed by atoms with Crippen LogP contribution in [-0.4, -0.2) is 18.8 Å². The van der Waals surface area contributed by atoms with Crippen LogP contribution in [0.25, 0.3) is 11.0 Å². The van der Waals surface area contributed by atoms with Crippen LogP contribution in [0.3, 0.4) is 0 Å². The fraction of sp³-hybridized carbons (Fsp3) is 0.529. The molecular formula is C17H20ClNO2. The molecule has 2 fully saturated rings. The highest BCUT2D eigenvalue weighted by Gasteiger charge is 2.45. The zero-order chi connectivity index (χ0) is 14.4. The van der Waals surface area contributed by atoms with Crippen molar-refractivity contribution in [1.82, 2.24) is 5.32 Å². The Hall–Kier alpha value is -1.03. The molecule has 2 saturated heterocycles. The first kappa shape index (κ1) is 13.6. The molecule has 1 N–H and O–H groups in total. The van der Waals surface area contributed by atoms with Gasteiger partial charge in [0, 0.05) is 16.3 Å². The van der Waals surface area contributed by atoms with Crippen LogP contribution in [0, 0.1) is 5.92 Å². The van der Waals surface area contributed by atoms with Gasteiger partial charge in [-0.25, -0.2) is 0 Å². The number of furan rings is 1. The summed E-state index contributed by atoms with van der Waals surface area (Å²) in [4.78, 5) is 0. The number of hydrogen-bond acceptors (Lipinski definition) is 3. The Morgan fingerprint density at radius 3 is 2.95 bits per heavy atom. The van der Waals surface area contributed by atoms with E-state index in [0.29, 0.717) is 18.1 Å². The smallest absolute Gasteiger partial charge is 0.134 e. The van der Waals surface area contributed by atoms with Crippen molar-refractivity contribution in [2.75, 3.05) is 6.54 Å². The molecule has 4 rings (SSSR count). The fourth-order valence-electron chi connectivity index (χ4n) is 3.90. The molecule has 0 saturated carbocycles. The number of nitrogens with one attached hydrogen (secondary N) is 1. The topological polar surface area (TPSA) is 34.4 Å². The minimum absolute atomic E-state index is 0.233. The quantitative estimate of drug-likeness (QED) is 0.914. The van der Waals surface area contributed by atoms with Crippen molar-refractivity contribution < 1.29 is 9.15 Å². The molecule has 1 aromatic heterocycles. The van der Waals surface area contributed by atoms with Crippen LogP contribution in [-0.2, 0) is 4.74 Å². The zero-order valence-corrected chi connectivity index (χ0v) is 12.9. The van der Waals surface area contributed by atoms with E-state index < -0.39 is 0 Å². The average molecular weight is 306 g/mol. The van der Waals surface area contributed by atoms with Crippen molar-refractivity contribution >= 4 is 22.6 Å². The van der Waals surface area contributed by atoms with Crippen LogP contribution >= 0.6 is 11.6 Å². The minimum Gasteiger partial charge on any atom is -0.459 e. The van der Waals surface area contributed by atoms with E-state index in [1.165, 1.54) is 12.8 Å². The molecule has 3 heterocycles. The average Bonchev–Trinajstić information content (AvgIpc) is 3.18.